The molecule has 1 aliphatic heterocycles. The lowest BCUT2D eigenvalue weighted by molar-refractivity contribution is 0.221. The van der Waals surface area contributed by atoms with Crippen LogP contribution >= 0.6 is 15.2 Å². The molecule has 10 heteroatoms. The van der Waals surface area contributed by atoms with E-state index in [1.807, 2.05) is 12.1 Å². The molecular weight excluding hydrogens is 378 g/mol. The van der Waals surface area contributed by atoms with Crippen LogP contribution in [0.4, 0.5) is 11.4 Å². The van der Waals surface area contributed by atoms with Crippen molar-refractivity contribution in [3.05, 3.63) is 35.1 Å². The second-order valence-corrected chi connectivity index (χ2v) is 9.08. The number of fused-ring (bicyclic) bond motifs is 1. The van der Waals surface area contributed by atoms with E-state index in [-0.39, 0.29) is 37.3 Å². The van der Waals surface area contributed by atoms with E-state index < -0.39 is 15.2 Å². The third kappa shape index (κ3) is 4.39. The van der Waals surface area contributed by atoms with Crippen LogP contribution in [0.1, 0.15) is 27.7 Å². The Hall–Kier alpha value is -1.14. The number of para-hydroxylation sites is 2. The van der Waals surface area contributed by atoms with Crippen LogP contribution in [0, 0.1) is 0 Å². The summed E-state index contributed by atoms with van der Waals surface area (Å²) in [5, 5.41) is 6.10. The van der Waals surface area contributed by atoms with E-state index in [0.717, 1.165) is 0 Å². The molecule has 0 fully saturated rings. The number of rotatable bonds is 10. The summed E-state index contributed by atoms with van der Waals surface area (Å²) in [7, 11) is -7.55. The first-order valence-electron chi connectivity index (χ1n) is 8.60. The van der Waals surface area contributed by atoms with E-state index in [1.165, 1.54) is 0 Å². The number of anilines is 2. The van der Waals surface area contributed by atoms with Crippen LogP contribution < -0.4 is 10.6 Å². The van der Waals surface area contributed by atoms with Crippen molar-refractivity contribution in [1.82, 2.24) is 0 Å². The number of hydrogen-bond acceptors (Lipinski definition) is 8. The quantitative estimate of drug-likeness (QED) is 0.515. The van der Waals surface area contributed by atoms with Gasteiger partial charge in [-0.05, 0) is 39.8 Å². The minimum Gasteiger partial charge on any atom is -0.345 e. The zero-order valence-corrected chi connectivity index (χ0v) is 17.3. The Morgan fingerprint density at radius 2 is 1.00 bits per heavy atom. The molecule has 0 bridgehead atoms. The molecule has 1 heterocycles. The smallest absolute Gasteiger partial charge is 0.345 e. The predicted octanol–water partition coefficient (Wildman–Crippen LogP) is 5.18. The maximum absolute atomic E-state index is 13.4. The van der Waals surface area contributed by atoms with Gasteiger partial charge in [-0.25, -0.2) is 0 Å². The van der Waals surface area contributed by atoms with E-state index in [1.54, 1.807) is 39.8 Å². The third-order valence-electron chi connectivity index (χ3n) is 3.40. The topological polar surface area (TPSA) is 95.1 Å². The molecule has 0 aliphatic carbocycles. The summed E-state index contributed by atoms with van der Waals surface area (Å²) in [5.74, 6) is 0. The van der Waals surface area contributed by atoms with Crippen LogP contribution in [0.25, 0.3) is 0 Å². The molecule has 0 unspecified atom stereocenters. The molecule has 0 atom stereocenters. The van der Waals surface area contributed by atoms with Gasteiger partial charge >= 0.3 is 15.2 Å². The minimum absolute atomic E-state index is 0.0464. The molecule has 0 aromatic heterocycles. The van der Waals surface area contributed by atoms with E-state index >= 15 is 0 Å². The Bertz CT molecular complexity index is 671. The molecular formula is C16H26N2O6P2. The molecule has 0 spiro atoms. The lowest BCUT2D eigenvalue weighted by Gasteiger charge is -2.32. The normalized spacial score (nSPS) is 14.6. The second-order valence-electron chi connectivity index (χ2n) is 5.16. The summed E-state index contributed by atoms with van der Waals surface area (Å²) in [6.07, 6.45) is 0. The molecule has 26 heavy (non-hydrogen) atoms. The van der Waals surface area contributed by atoms with Gasteiger partial charge in [-0.3, -0.25) is 9.13 Å². The summed E-state index contributed by atoms with van der Waals surface area (Å²) in [6.45, 7) is 7.47. The Labute approximate surface area is 154 Å². The second kappa shape index (κ2) is 9.18. The fraction of sp³-hybridized carbons (Fsp3) is 0.500. The highest BCUT2D eigenvalue weighted by Crippen LogP contribution is 2.66. The lowest BCUT2D eigenvalue weighted by Crippen LogP contribution is -2.20. The van der Waals surface area contributed by atoms with Gasteiger partial charge in [-0.2, -0.15) is 0 Å². The largest absolute Gasteiger partial charge is 0.379 e. The summed E-state index contributed by atoms with van der Waals surface area (Å²) >= 11 is 0. The lowest BCUT2D eigenvalue weighted by atomic mass is 10.2. The summed E-state index contributed by atoms with van der Waals surface area (Å²) < 4.78 is 48.6. The van der Waals surface area contributed by atoms with Gasteiger partial charge in [0.25, 0.3) is 0 Å². The average Bonchev–Trinajstić information content (AvgIpc) is 2.61. The van der Waals surface area contributed by atoms with Crippen LogP contribution in [0.15, 0.2) is 35.1 Å². The molecule has 0 saturated heterocycles. The SMILES string of the molecule is CCOP(=O)(OCC)C1=C(P(=O)(OCC)OCC)Nc2ccccc2N1. The maximum Gasteiger partial charge on any atom is 0.379 e. The molecule has 0 amide bonds. The third-order valence-corrected chi connectivity index (χ3v) is 7.74. The first-order valence-corrected chi connectivity index (χ1v) is 11.7. The highest BCUT2D eigenvalue weighted by atomic mass is 31.2. The summed E-state index contributed by atoms with van der Waals surface area (Å²) in [4.78, 5) is 0. The highest BCUT2D eigenvalue weighted by Gasteiger charge is 2.44. The van der Waals surface area contributed by atoms with Crippen molar-refractivity contribution in [2.24, 2.45) is 0 Å². The summed E-state index contributed by atoms with van der Waals surface area (Å²) in [6, 6.07) is 7.25. The maximum atomic E-state index is 13.4. The molecule has 1 aliphatic rings. The standard InChI is InChI=1S/C16H26N2O6P2/c1-5-21-25(19,22-6-2)15-16(26(20,23-7-3)24-8-4)18-14-12-10-9-11-13(14)17-15/h9-12,17-18H,5-8H2,1-4H3. The van der Waals surface area contributed by atoms with Crippen molar-refractivity contribution in [2.75, 3.05) is 37.1 Å². The van der Waals surface area contributed by atoms with Crippen LogP contribution in [0.2, 0.25) is 0 Å². The first kappa shape index (κ1) is 21.2. The van der Waals surface area contributed by atoms with Gasteiger partial charge in [-0.15, -0.1) is 0 Å². The fourth-order valence-corrected chi connectivity index (χ4v) is 6.39. The molecule has 0 radical (unpaired) electrons. The molecule has 2 N–H and O–H groups in total. The van der Waals surface area contributed by atoms with Crippen LogP contribution in [-0.2, 0) is 27.2 Å². The molecule has 8 nitrogen and oxygen atoms in total. The molecule has 0 saturated carbocycles. The Morgan fingerprint density at radius 3 is 1.27 bits per heavy atom. The molecule has 146 valence electrons. The number of benzene rings is 1. The number of nitrogens with one attached hydrogen (secondary N) is 2. The molecule has 1 aromatic carbocycles. The van der Waals surface area contributed by atoms with Gasteiger partial charge in [0.05, 0.1) is 37.8 Å². The van der Waals surface area contributed by atoms with Gasteiger partial charge < -0.3 is 28.7 Å². The van der Waals surface area contributed by atoms with Crippen LogP contribution in [-0.4, -0.2) is 26.4 Å². The Morgan fingerprint density at radius 1 is 0.692 bits per heavy atom. The zero-order valence-electron chi connectivity index (χ0n) is 15.5. The molecule has 1 aromatic rings. The van der Waals surface area contributed by atoms with Crippen molar-refractivity contribution in [1.29, 1.82) is 0 Å². The van der Waals surface area contributed by atoms with Crippen molar-refractivity contribution in [3.63, 3.8) is 0 Å². The fourth-order valence-electron chi connectivity index (χ4n) is 2.48. The van der Waals surface area contributed by atoms with Gasteiger partial charge in [0.2, 0.25) is 0 Å². The van der Waals surface area contributed by atoms with Gasteiger partial charge in [0.1, 0.15) is 0 Å². The van der Waals surface area contributed by atoms with Gasteiger partial charge in [0, 0.05) is 0 Å². The zero-order chi connectivity index (χ0) is 19.2. The predicted molar refractivity (Wildman–Crippen MR) is 102 cm³/mol. The van der Waals surface area contributed by atoms with Crippen LogP contribution in [0.5, 0.6) is 0 Å². The minimum atomic E-state index is -3.78. The van der Waals surface area contributed by atoms with Crippen molar-refractivity contribution in [3.8, 4) is 0 Å². The van der Waals surface area contributed by atoms with Gasteiger partial charge in [0.15, 0.2) is 10.9 Å². The van der Waals surface area contributed by atoms with Crippen LogP contribution in [0.3, 0.4) is 0 Å². The first-order chi connectivity index (χ1) is 12.4. The monoisotopic (exact) mass is 404 g/mol. The van der Waals surface area contributed by atoms with E-state index in [2.05, 4.69) is 10.6 Å². The van der Waals surface area contributed by atoms with E-state index in [0.29, 0.717) is 11.4 Å². The van der Waals surface area contributed by atoms with Crippen molar-refractivity contribution < 1.29 is 27.2 Å². The van der Waals surface area contributed by atoms with E-state index in [9.17, 15) is 9.13 Å². The number of hydrogen-bond donors (Lipinski definition) is 2. The Balaban J connectivity index is 2.65. The van der Waals surface area contributed by atoms with Crippen molar-refractivity contribution >= 4 is 26.6 Å². The molecule has 2 rings (SSSR count). The van der Waals surface area contributed by atoms with Crippen molar-refractivity contribution in [2.45, 2.75) is 27.7 Å². The van der Waals surface area contributed by atoms with E-state index in [4.69, 9.17) is 18.1 Å². The average molecular weight is 404 g/mol. The summed E-state index contributed by atoms with van der Waals surface area (Å²) in [5.41, 5.74) is 1.41. The Kier molecular flexibility index (Phi) is 7.47. The van der Waals surface area contributed by atoms with Gasteiger partial charge in [-0.1, -0.05) is 12.1 Å². The highest BCUT2D eigenvalue weighted by molar-refractivity contribution is 7.63.